The smallest absolute Gasteiger partial charge is 0.120 e. The number of hydrogen-bond donors (Lipinski definition) is 0. The fourth-order valence-corrected chi connectivity index (χ4v) is 3.25. The number of benzene rings is 2. The first-order chi connectivity index (χ1) is 13.1. The number of nitriles is 1. The second kappa shape index (κ2) is 8.15. The Morgan fingerprint density at radius 2 is 1.78 bits per heavy atom. The van der Waals surface area contributed by atoms with Crippen LogP contribution in [0.2, 0.25) is 0 Å². The van der Waals surface area contributed by atoms with Gasteiger partial charge < -0.3 is 18.9 Å². The Labute approximate surface area is 160 Å². The molecule has 0 saturated heterocycles. The molecule has 0 aliphatic carbocycles. The van der Waals surface area contributed by atoms with Gasteiger partial charge >= 0.3 is 0 Å². The van der Waals surface area contributed by atoms with Crippen LogP contribution >= 0.6 is 0 Å². The maximum Gasteiger partial charge on any atom is 0.120 e. The molecule has 27 heavy (non-hydrogen) atoms. The lowest BCUT2D eigenvalue weighted by molar-refractivity contribution is 0.261. The van der Waals surface area contributed by atoms with E-state index in [0.29, 0.717) is 12.2 Å². The summed E-state index contributed by atoms with van der Waals surface area (Å²) in [5, 5.41) is 10.8. The monoisotopic (exact) mass is 363 g/mol. The molecule has 3 rings (SSSR count). The summed E-state index contributed by atoms with van der Waals surface area (Å²) >= 11 is 0. The molecule has 5 heteroatoms. The van der Waals surface area contributed by atoms with Gasteiger partial charge in [-0.05, 0) is 63.0 Å². The van der Waals surface area contributed by atoms with Crippen LogP contribution in [0.1, 0.15) is 12.5 Å². The van der Waals surface area contributed by atoms with Crippen molar-refractivity contribution < 1.29 is 9.47 Å². The van der Waals surface area contributed by atoms with Gasteiger partial charge in [-0.25, -0.2) is 0 Å². The molecule has 0 N–H and O–H groups in total. The van der Waals surface area contributed by atoms with E-state index in [1.165, 1.54) is 0 Å². The summed E-state index contributed by atoms with van der Waals surface area (Å²) in [7, 11) is 5.70. The van der Waals surface area contributed by atoms with Crippen molar-refractivity contribution in [3.8, 4) is 28.8 Å². The third kappa shape index (κ3) is 3.76. The Balaban J connectivity index is 2.02. The molecule has 0 bridgehead atoms. The van der Waals surface area contributed by atoms with E-state index in [1.54, 1.807) is 7.11 Å². The van der Waals surface area contributed by atoms with Gasteiger partial charge in [0.1, 0.15) is 24.2 Å². The van der Waals surface area contributed by atoms with Gasteiger partial charge in [0.05, 0.1) is 23.9 Å². The highest BCUT2D eigenvalue weighted by atomic mass is 16.5. The lowest BCUT2D eigenvalue weighted by Crippen LogP contribution is -2.19. The largest absolute Gasteiger partial charge is 0.497 e. The Morgan fingerprint density at radius 1 is 1.07 bits per heavy atom. The van der Waals surface area contributed by atoms with E-state index in [2.05, 4.69) is 22.5 Å². The molecule has 0 saturated carbocycles. The van der Waals surface area contributed by atoms with Crippen molar-refractivity contribution in [2.45, 2.75) is 13.5 Å². The molecular formula is C22H25N3O2. The van der Waals surface area contributed by atoms with Crippen LogP contribution in [0.4, 0.5) is 0 Å². The minimum Gasteiger partial charge on any atom is -0.497 e. The second-order valence-corrected chi connectivity index (χ2v) is 6.64. The lowest BCUT2D eigenvalue weighted by atomic mass is 10.1. The highest BCUT2D eigenvalue weighted by Gasteiger charge is 2.18. The molecule has 0 atom stereocenters. The fourth-order valence-electron chi connectivity index (χ4n) is 3.25. The summed E-state index contributed by atoms with van der Waals surface area (Å²) in [5.41, 5.74) is 3.64. The Morgan fingerprint density at radius 3 is 2.37 bits per heavy atom. The number of rotatable bonds is 7. The lowest BCUT2D eigenvalue weighted by Gasteiger charge is -2.12. The van der Waals surface area contributed by atoms with E-state index >= 15 is 0 Å². The molecule has 0 amide bonds. The van der Waals surface area contributed by atoms with Crippen molar-refractivity contribution in [1.29, 1.82) is 5.26 Å². The van der Waals surface area contributed by atoms with Crippen LogP contribution in [0.15, 0.2) is 42.5 Å². The Bertz CT molecular complexity index is 966. The first-order valence-electron chi connectivity index (χ1n) is 9.07. The topological polar surface area (TPSA) is 50.4 Å². The molecule has 1 heterocycles. The summed E-state index contributed by atoms with van der Waals surface area (Å²) in [6, 6.07) is 16.2. The molecule has 0 spiro atoms. The first kappa shape index (κ1) is 18.8. The summed E-state index contributed by atoms with van der Waals surface area (Å²) < 4.78 is 13.3. The van der Waals surface area contributed by atoms with Gasteiger partial charge in [-0.2, -0.15) is 5.26 Å². The van der Waals surface area contributed by atoms with Crippen LogP contribution in [0, 0.1) is 11.3 Å². The molecular weight excluding hydrogens is 338 g/mol. The number of methoxy groups -OCH3 is 1. The molecule has 140 valence electrons. The normalized spacial score (nSPS) is 11.0. The van der Waals surface area contributed by atoms with E-state index < -0.39 is 0 Å². The zero-order valence-electron chi connectivity index (χ0n) is 16.3. The van der Waals surface area contributed by atoms with Crippen LogP contribution in [0.5, 0.6) is 11.5 Å². The highest BCUT2D eigenvalue weighted by molar-refractivity contribution is 5.95. The molecule has 0 fully saturated rings. The predicted octanol–water partition coefficient (Wildman–Crippen LogP) is 4.15. The van der Waals surface area contributed by atoms with Gasteiger partial charge in [-0.15, -0.1) is 0 Å². The van der Waals surface area contributed by atoms with Crippen molar-refractivity contribution in [3.63, 3.8) is 0 Å². The summed E-state index contributed by atoms with van der Waals surface area (Å²) in [6.45, 7) is 4.36. The zero-order chi connectivity index (χ0) is 19.4. The molecule has 0 aliphatic heterocycles. The Kier molecular flexibility index (Phi) is 5.68. The third-order valence-corrected chi connectivity index (χ3v) is 4.63. The summed E-state index contributed by atoms with van der Waals surface area (Å²) in [4.78, 5) is 2.08. The number of hydrogen-bond acceptors (Lipinski definition) is 4. The third-order valence-electron chi connectivity index (χ3n) is 4.63. The molecule has 2 aromatic carbocycles. The number of aryl methyl sites for hydroxylation is 1. The van der Waals surface area contributed by atoms with Gasteiger partial charge in [-0.1, -0.05) is 0 Å². The number of likely N-dealkylation sites (N-methyl/N-ethyl adjacent to an activating group) is 1. The van der Waals surface area contributed by atoms with Crippen molar-refractivity contribution >= 4 is 10.9 Å². The molecule has 3 aromatic rings. The molecule has 1 aromatic heterocycles. The maximum absolute atomic E-state index is 9.81. The van der Waals surface area contributed by atoms with Crippen LogP contribution in [-0.2, 0) is 6.54 Å². The van der Waals surface area contributed by atoms with Crippen molar-refractivity contribution in [3.05, 3.63) is 48.0 Å². The van der Waals surface area contributed by atoms with Crippen LogP contribution in [0.3, 0.4) is 0 Å². The molecule has 0 unspecified atom stereocenters. The standard InChI is InChI=1S/C22H25N3O2/c1-5-25-21-14-18(26-4)10-11-19(21)20(15-23)22(25)16-6-8-17(9-7-16)27-13-12-24(2)3/h6-11,14H,5,12-13H2,1-4H3. The minimum absolute atomic E-state index is 0.644. The zero-order valence-corrected chi connectivity index (χ0v) is 16.3. The Hall–Kier alpha value is -2.97. The van der Waals surface area contributed by atoms with Crippen molar-refractivity contribution in [2.75, 3.05) is 34.4 Å². The van der Waals surface area contributed by atoms with E-state index in [1.807, 2.05) is 56.6 Å². The van der Waals surface area contributed by atoms with Crippen molar-refractivity contribution in [2.24, 2.45) is 0 Å². The number of ether oxygens (including phenoxy) is 2. The van der Waals surface area contributed by atoms with Gasteiger partial charge in [0, 0.05) is 24.5 Å². The predicted molar refractivity (Wildman–Crippen MR) is 108 cm³/mol. The quantitative estimate of drug-likeness (QED) is 0.633. The van der Waals surface area contributed by atoms with E-state index in [9.17, 15) is 5.26 Å². The highest BCUT2D eigenvalue weighted by Crippen LogP contribution is 2.35. The SMILES string of the molecule is CCn1c(-c2ccc(OCCN(C)C)cc2)c(C#N)c2ccc(OC)cc21. The number of nitrogens with zero attached hydrogens (tertiary/aromatic N) is 3. The van der Waals surface area contributed by atoms with Gasteiger partial charge in [-0.3, -0.25) is 0 Å². The van der Waals surface area contributed by atoms with E-state index in [-0.39, 0.29) is 0 Å². The second-order valence-electron chi connectivity index (χ2n) is 6.64. The number of aromatic nitrogens is 1. The summed E-state index contributed by atoms with van der Waals surface area (Å²) in [6.07, 6.45) is 0. The van der Waals surface area contributed by atoms with Gasteiger partial charge in [0.25, 0.3) is 0 Å². The molecule has 0 radical (unpaired) electrons. The number of fused-ring (bicyclic) bond motifs is 1. The average molecular weight is 363 g/mol. The van der Waals surface area contributed by atoms with Gasteiger partial charge in [0.2, 0.25) is 0 Å². The van der Waals surface area contributed by atoms with Crippen LogP contribution < -0.4 is 9.47 Å². The van der Waals surface area contributed by atoms with Gasteiger partial charge in [0.15, 0.2) is 0 Å². The maximum atomic E-state index is 9.81. The minimum atomic E-state index is 0.644. The molecule has 5 nitrogen and oxygen atoms in total. The van der Waals surface area contributed by atoms with E-state index in [0.717, 1.165) is 46.7 Å². The van der Waals surface area contributed by atoms with E-state index in [4.69, 9.17) is 9.47 Å². The molecule has 0 aliphatic rings. The van der Waals surface area contributed by atoms with Crippen molar-refractivity contribution in [1.82, 2.24) is 9.47 Å². The average Bonchev–Trinajstić information content (AvgIpc) is 3.00. The summed E-state index contributed by atoms with van der Waals surface area (Å²) in [5.74, 6) is 1.62. The van der Waals surface area contributed by atoms with Crippen LogP contribution in [0.25, 0.3) is 22.2 Å². The van der Waals surface area contributed by atoms with Crippen LogP contribution in [-0.4, -0.2) is 43.8 Å². The fraction of sp³-hybridized carbons (Fsp3) is 0.318. The first-order valence-corrected chi connectivity index (χ1v) is 9.07.